The maximum absolute atomic E-state index is 11.8. The molecule has 29 heavy (non-hydrogen) atoms. The molecule has 1 rings (SSSR count). The van der Waals surface area contributed by atoms with Crippen molar-refractivity contribution in [2.45, 2.75) is 53.6 Å². The van der Waals surface area contributed by atoms with Crippen LogP contribution in [0.4, 0.5) is 9.93 Å². The minimum atomic E-state index is -0.577. The Kier molecular flexibility index (Phi) is 10.2. The molecule has 1 aromatic heterocycles. The van der Waals surface area contributed by atoms with Crippen molar-refractivity contribution in [1.82, 2.24) is 10.2 Å². The highest BCUT2D eigenvalue weighted by Gasteiger charge is 2.18. The van der Waals surface area contributed by atoms with Crippen LogP contribution in [0.15, 0.2) is 38.6 Å². The SMILES string of the molecule is C\C=C(/C=C/C(COc1nnc(NC(=O)OC(C)(C)C)s1)=C(/C)CC)S(C)=NC. The van der Waals surface area contributed by atoms with Gasteiger partial charge in [-0.3, -0.25) is 9.68 Å². The highest BCUT2D eigenvalue weighted by atomic mass is 32.2. The zero-order valence-corrected chi connectivity index (χ0v) is 20.2. The number of hydrogen-bond donors (Lipinski definition) is 1. The van der Waals surface area contributed by atoms with Gasteiger partial charge in [-0.1, -0.05) is 40.4 Å². The van der Waals surface area contributed by atoms with Gasteiger partial charge in [0.25, 0.3) is 5.19 Å². The second-order valence-electron chi connectivity index (χ2n) is 7.13. The van der Waals surface area contributed by atoms with Gasteiger partial charge in [0, 0.05) is 12.0 Å². The lowest BCUT2D eigenvalue weighted by Gasteiger charge is -2.18. The Morgan fingerprint density at radius 3 is 2.55 bits per heavy atom. The molecule has 1 amide bonds. The molecule has 0 fully saturated rings. The van der Waals surface area contributed by atoms with E-state index in [1.165, 1.54) is 10.5 Å². The number of rotatable bonds is 8. The average Bonchev–Trinajstić information content (AvgIpc) is 3.08. The first-order chi connectivity index (χ1) is 13.6. The molecule has 0 radical (unpaired) electrons. The monoisotopic (exact) mass is 440 g/mol. The number of hydrogen-bond acceptors (Lipinski definition) is 7. The minimum absolute atomic E-state index is 0.133. The van der Waals surface area contributed by atoms with Crippen LogP contribution in [0.25, 0.3) is 0 Å². The molecule has 7 nitrogen and oxygen atoms in total. The van der Waals surface area contributed by atoms with Crippen molar-refractivity contribution in [3.8, 4) is 5.19 Å². The van der Waals surface area contributed by atoms with Crippen LogP contribution in [0.5, 0.6) is 5.19 Å². The van der Waals surface area contributed by atoms with Crippen LogP contribution in [0.3, 0.4) is 0 Å². The third-order valence-corrected chi connectivity index (χ3v) is 6.15. The van der Waals surface area contributed by atoms with Gasteiger partial charge in [-0.15, -0.1) is 5.10 Å². The summed E-state index contributed by atoms with van der Waals surface area (Å²) in [7, 11) is 1.70. The van der Waals surface area contributed by atoms with Crippen LogP contribution in [-0.2, 0) is 15.4 Å². The molecule has 9 heteroatoms. The molecular weight excluding hydrogens is 408 g/mol. The number of nitrogens with zero attached hydrogens (tertiary/aromatic N) is 3. The number of anilines is 1. The van der Waals surface area contributed by atoms with E-state index < -0.39 is 11.7 Å². The average molecular weight is 441 g/mol. The van der Waals surface area contributed by atoms with E-state index in [0.29, 0.717) is 16.9 Å². The summed E-state index contributed by atoms with van der Waals surface area (Å²) in [5.41, 5.74) is 1.74. The quantitative estimate of drug-likeness (QED) is 0.539. The van der Waals surface area contributed by atoms with Crippen molar-refractivity contribution < 1.29 is 14.3 Å². The fourth-order valence-corrected chi connectivity index (χ4v) is 3.44. The van der Waals surface area contributed by atoms with Crippen molar-refractivity contribution in [3.63, 3.8) is 0 Å². The van der Waals surface area contributed by atoms with Crippen molar-refractivity contribution in [1.29, 1.82) is 0 Å². The summed E-state index contributed by atoms with van der Waals surface area (Å²) < 4.78 is 15.4. The molecule has 0 aliphatic rings. The highest BCUT2D eigenvalue weighted by molar-refractivity contribution is 7.90. The second-order valence-corrected chi connectivity index (χ2v) is 9.87. The number of ether oxygens (including phenoxy) is 2. The molecule has 1 unspecified atom stereocenters. The van der Waals surface area contributed by atoms with Gasteiger partial charge >= 0.3 is 6.09 Å². The molecule has 0 aromatic carbocycles. The standard InChI is InChI=1S/C20H32N4O3S2/c1-9-14(3)15(11-12-16(10-2)29(8)21-7)13-26-19-24-23-17(28-19)22-18(25)27-20(4,5)6/h10-12H,9,13H2,1-8H3,(H,22,23,25)/b12-11+,15-14+,16-10+. The first-order valence-corrected chi connectivity index (χ1v) is 11.8. The van der Waals surface area contributed by atoms with E-state index in [1.54, 1.807) is 20.8 Å². The molecule has 1 atom stereocenters. The third-order valence-electron chi connectivity index (χ3n) is 3.79. The lowest BCUT2D eigenvalue weighted by Crippen LogP contribution is -2.27. The summed E-state index contributed by atoms with van der Waals surface area (Å²) in [5.74, 6) is 0. The fourth-order valence-electron chi connectivity index (χ4n) is 2.04. The van der Waals surface area contributed by atoms with Crippen LogP contribution in [-0.4, -0.2) is 41.8 Å². The van der Waals surface area contributed by atoms with Crippen LogP contribution >= 0.6 is 11.3 Å². The molecule has 162 valence electrons. The Morgan fingerprint density at radius 2 is 2.00 bits per heavy atom. The van der Waals surface area contributed by atoms with E-state index >= 15 is 0 Å². The Morgan fingerprint density at radius 1 is 1.31 bits per heavy atom. The Labute approximate surface area is 180 Å². The number of carbonyl (C=O) groups is 1. The van der Waals surface area contributed by atoms with E-state index in [0.717, 1.165) is 23.3 Å². The maximum Gasteiger partial charge on any atom is 0.414 e. The molecule has 0 aliphatic carbocycles. The summed E-state index contributed by atoms with van der Waals surface area (Å²) in [6, 6.07) is 0. The van der Waals surface area contributed by atoms with Crippen LogP contribution in [0.2, 0.25) is 0 Å². The van der Waals surface area contributed by atoms with Gasteiger partial charge in [0.15, 0.2) is 0 Å². The minimum Gasteiger partial charge on any atom is -0.464 e. The molecule has 1 N–H and O–H groups in total. The lowest BCUT2D eigenvalue weighted by atomic mass is 10.1. The molecule has 1 aromatic rings. The highest BCUT2D eigenvalue weighted by Crippen LogP contribution is 2.24. The van der Waals surface area contributed by atoms with Gasteiger partial charge in [0.1, 0.15) is 12.2 Å². The lowest BCUT2D eigenvalue weighted by molar-refractivity contribution is 0.0636. The summed E-state index contributed by atoms with van der Waals surface area (Å²) in [5, 5.41) is 11.2. The van der Waals surface area contributed by atoms with Crippen LogP contribution < -0.4 is 10.1 Å². The van der Waals surface area contributed by atoms with Gasteiger partial charge < -0.3 is 9.47 Å². The molecule has 0 saturated heterocycles. The summed E-state index contributed by atoms with van der Waals surface area (Å²) in [4.78, 5) is 13.0. The number of aromatic nitrogens is 2. The summed E-state index contributed by atoms with van der Waals surface area (Å²) >= 11 is 1.16. The molecule has 0 bridgehead atoms. The summed E-state index contributed by atoms with van der Waals surface area (Å²) in [6.45, 7) is 12.0. The zero-order valence-electron chi connectivity index (χ0n) is 18.5. The second kappa shape index (κ2) is 11.9. The van der Waals surface area contributed by atoms with Gasteiger partial charge in [-0.25, -0.2) is 4.79 Å². The van der Waals surface area contributed by atoms with Crippen molar-refractivity contribution >= 4 is 33.3 Å². The number of allylic oxidation sites excluding steroid dienone is 3. The maximum atomic E-state index is 11.8. The Hall–Kier alpha value is -2.00. The zero-order chi connectivity index (χ0) is 22.0. The van der Waals surface area contributed by atoms with E-state index in [-0.39, 0.29) is 10.7 Å². The van der Waals surface area contributed by atoms with Gasteiger partial charge in [0.05, 0.1) is 0 Å². The fraction of sp³-hybridized carbons (Fsp3) is 0.550. The van der Waals surface area contributed by atoms with E-state index in [1.807, 2.05) is 14.0 Å². The number of amides is 1. The van der Waals surface area contributed by atoms with Crippen molar-refractivity contribution in [3.05, 3.63) is 34.3 Å². The third kappa shape index (κ3) is 9.36. The van der Waals surface area contributed by atoms with Crippen LogP contribution in [0.1, 0.15) is 48.0 Å². The van der Waals surface area contributed by atoms with Crippen molar-refractivity contribution in [2.24, 2.45) is 4.36 Å². The predicted molar refractivity (Wildman–Crippen MR) is 123 cm³/mol. The first-order valence-electron chi connectivity index (χ1n) is 9.34. The predicted octanol–water partition coefficient (Wildman–Crippen LogP) is 5.51. The Bertz CT molecular complexity index is 818. The smallest absolute Gasteiger partial charge is 0.414 e. The van der Waals surface area contributed by atoms with Gasteiger partial charge in [0.2, 0.25) is 5.13 Å². The molecule has 0 aliphatic heterocycles. The van der Waals surface area contributed by atoms with Gasteiger partial charge in [-0.05, 0) is 70.3 Å². The Balaban J connectivity index is 2.80. The largest absolute Gasteiger partial charge is 0.464 e. The van der Waals surface area contributed by atoms with Gasteiger partial charge in [-0.2, -0.15) is 0 Å². The van der Waals surface area contributed by atoms with E-state index in [9.17, 15) is 4.79 Å². The first kappa shape index (κ1) is 25.0. The topological polar surface area (TPSA) is 85.7 Å². The number of nitrogens with one attached hydrogen (secondary N) is 1. The molecule has 0 spiro atoms. The van der Waals surface area contributed by atoms with Crippen molar-refractivity contribution in [2.75, 3.05) is 25.2 Å². The molecular formula is C20H32N4O3S2. The van der Waals surface area contributed by atoms with E-state index in [2.05, 4.69) is 58.2 Å². The number of carbonyl (C=O) groups excluding carboxylic acids is 1. The molecule has 0 saturated carbocycles. The normalized spacial score (nSPS) is 14.7. The summed E-state index contributed by atoms with van der Waals surface area (Å²) in [6.07, 6.45) is 8.68. The molecule has 1 heterocycles. The van der Waals surface area contributed by atoms with Crippen LogP contribution in [0, 0.1) is 0 Å². The van der Waals surface area contributed by atoms with E-state index in [4.69, 9.17) is 9.47 Å².